The van der Waals surface area contributed by atoms with Crippen molar-refractivity contribution in [1.29, 1.82) is 0 Å². The molecule has 3 aromatic carbocycles. The van der Waals surface area contributed by atoms with Crippen molar-refractivity contribution < 1.29 is 0 Å². The van der Waals surface area contributed by atoms with Gasteiger partial charge in [-0.05, 0) is 65.8 Å². The largest absolute Gasteiger partial charge is 0.111 e. The molecule has 4 rings (SSSR count). The van der Waals surface area contributed by atoms with Gasteiger partial charge in [0.1, 0.15) is 0 Å². The second-order valence-electron chi connectivity index (χ2n) is 6.54. The number of halogens is 1. The van der Waals surface area contributed by atoms with E-state index in [1.807, 2.05) is 6.07 Å². The highest BCUT2D eigenvalue weighted by molar-refractivity contribution is 6.30. The van der Waals surface area contributed by atoms with Crippen LogP contribution in [0.4, 0.5) is 0 Å². The van der Waals surface area contributed by atoms with Crippen LogP contribution in [0.25, 0.3) is 11.6 Å². The molecule has 0 fully saturated rings. The Labute approximate surface area is 154 Å². The van der Waals surface area contributed by atoms with Gasteiger partial charge >= 0.3 is 0 Å². The maximum absolute atomic E-state index is 6.24. The molecule has 0 saturated heterocycles. The Balaban J connectivity index is 1.95. The molecule has 0 heterocycles. The molecule has 1 aliphatic rings. The van der Waals surface area contributed by atoms with Crippen molar-refractivity contribution in [3.05, 3.63) is 111 Å². The molecule has 0 bridgehead atoms. The smallest absolute Gasteiger partial charge is 0.0409 e. The molecule has 3 aromatic rings. The summed E-state index contributed by atoms with van der Waals surface area (Å²) >= 11 is 6.24. The zero-order chi connectivity index (χ0) is 17.2. The van der Waals surface area contributed by atoms with Gasteiger partial charge in [0.15, 0.2) is 0 Å². The molecule has 1 aliphatic carbocycles. The number of hydrogen-bond acceptors (Lipinski definition) is 0. The summed E-state index contributed by atoms with van der Waals surface area (Å²) in [6.07, 6.45) is 4.12. The molecule has 0 spiro atoms. The molecule has 1 heteroatoms. The van der Waals surface area contributed by atoms with Gasteiger partial charge in [-0.15, -0.1) is 5.73 Å². The molecule has 0 radical (unpaired) electrons. The van der Waals surface area contributed by atoms with Crippen LogP contribution in [-0.4, -0.2) is 0 Å². The number of benzene rings is 3. The maximum atomic E-state index is 6.24. The lowest BCUT2D eigenvalue weighted by atomic mass is 9.94. The van der Waals surface area contributed by atoms with Crippen LogP contribution in [0.5, 0.6) is 0 Å². The number of hydrogen-bond donors (Lipinski definition) is 0. The molecule has 0 atom stereocenters. The average Bonchev–Trinajstić information content (AvgIpc) is 2.77. The minimum atomic E-state index is 0.798. The highest BCUT2D eigenvalue weighted by Gasteiger charge is 2.17. The second kappa shape index (κ2) is 6.76. The zero-order valence-corrected chi connectivity index (χ0v) is 15.0. The molecule has 25 heavy (non-hydrogen) atoms. The fourth-order valence-electron chi connectivity index (χ4n) is 3.48. The first-order valence-corrected chi connectivity index (χ1v) is 8.99. The lowest BCUT2D eigenvalue weighted by molar-refractivity contribution is 0.965. The van der Waals surface area contributed by atoms with E-state index in [9.17, 15) is 0 Å². The molecule has 0 unspecified atom stereocenters. The van der Waals surface area contributed by atoms with E-state index in [2.05, 4.69) is 79.4 Å². The number of fused-ring (bicyclic) bond motifs is 2. The lowest BCUT2D eigenvalue weighted by Crippen LogP contribution is -1.91. The summed E-state index contributed by atoms with van der Waals surface area (Å²) in [6, 6.07) is 23.3. The SMILES string of the molecule is Cc1cccc(C=C=C2c3ccccc3CCc3cc(Cl)ccc32)c1. The lowest BCUT2D eigenvalue weighted by Gasteiger charge is -2.09. The third-order valence-electron chi connectivity index (χ3n) is 4.71. The summed E-state index contributed by atoms with van der Waals surface area (Å²) < 4.78 is 0. The molecular formula is C24H19Cl. The quantitative estimate of drug-likeness (QED) is 0.443. The predicted molar refractivity (Wildman–Crippen MR) is 107 cm³/mol. The Morgan fingerprint density at radius 3 is 2.52 bits per heavy atom. The molecule has 0 nitrogen and oxygen atoms in total. The van der Waals surface area contributed by atoms with Crippen molar-refractivity contribution >= 4 is 23.3 Å². The highest BCUT2D eigenvalue weighted by atomic mass is 35.5. The van der Waals surface area contributed by atoms with E-state index in [1.54, 1.807) is 0 Å². The van der Waals surface area contributed by atoms with E-state index in [-0.39, 0.29) is 0 Å². The van der Waals surface area contributed by atoms with Gasteiger partial charge in [0, 0.05) is 10.6 Å². The summed E-state index contributed by atoms with van der Waals surface area (Å²) in [5.41, 5.74) is 12.3. The predicted octanol–water partition coefficient (Wildman–Crippen LogP) is 6.49. The topological polar surface area (TPSA) is 0 Å². The van der Waals surface area contributed by atoms with Crippen molar-refractivity contribution in [2.24, 2.45) is 0 Å². The first-order chi connectivity index (χ1) is 12.2. The molecular weight excluding hydrogens is 324 g/mol. The molecule has 0 N–H and O–H groups in total. The summed E-state index contributed by atoms with van der Waals surface area (Å²) in [5, 5.41) is 0.798. The Morgan fingerprint density at radius 1 is 0.840 bits per heavy atom. The standard InChI is InChI=1S/C24H19Cl/c1-17-5-4-6-18(15-17)9-13-24-22-8-3-2-7-19(22)10-11-20-16-21(25)12-14-23(20)24/h2-9,12,14-16H,10-11H2,1H3. The molecule has 0 amide bonds. The third kappa shape index (κ3) is 3.33. The van der Waals surface area contributed by atoms with Gasteiger partial charge in [-0.2, -0.15) is 0 Å². The van der Waals surface area contributed by atoms with E-state index in [1.165, 1.54) is 33.4 Å². The van der Waals surface area contributed by atoms with Gasteiger partial charge < -0.3 is 0 Å². The van der Waals surface area contributed by atoms with E-state index >= 15 is 0 Å². The van der Waals surface area contributed by atoms with Gasteiger partial charge in [-0.25, -0.2) is 0 Å². The van der Waals surface area contributed by atoms with Crippen molar-refractivity contribution in [3.8, 4) is 0 Å². The monoisotopic (exact) mass is 342 g/mol. The van der Waals surface area contributed by atoms with Crippen LogP contribution in [0.1, 0.15) is 33.4 Å². The average molecular weight is 343 g/mol. The zero-order valence-electron chi connectivity index (χ0n) is 14.2. The van der Waals surface area contributed by atoms with Crippen molar-refractivity contribution in [3.63, 3.8) is 0 Å². The van der Waals surface area contributed by atoms with Gasteiger partial charge in [0.25, 0.3) is 0 Å². The van der Waals surface area contributed by atoms with Gasteiger partial charge in [-0.1, -0.05) is 71.8 Å². The van der Waals surface area contributed by atoms with Crippen molar-refractivity contribution in [2.75, 3.05) is 0 Å². The molecule has 0 saturated carbocycles. The van der Waals surface area contributed by atoms with E-state index in [4.69, 9.17) is 11.6 Å². The van der Waals surface area contributed by atoms with E-state index in [0.717, 1.165) is 23.4 Å². The van der Waals surface area contributed by atoms with Crippen LogP contribution in [0, 0.1) is 6.92 Å². The molecule has 0 aromatic heterocycles. The minimum absolute atomic E-state index is 0.798. The van der Waals surface area contributed by atoms with Crippen LogP contribution < -0.4 is 0 Å². The highest BCUT2D eigenvalue weighted by Crippen LogP contribution is 2.34. The number of rotatable bonds is 1. The summed E-state index contributed by atoms with van der Waals surface area (Å²) in [5.74, 6) is 0. The Bertz CT molecular complexity index is 1000. The third-order valence-corrected chi connectivity index (χ3v) is 4.95. The van der Waals surface area contributed by atoms with Crippen LogP contribution in [0.2, 0.25) is 5.02 Å². The second-order valence-corrected chi connectivity index (χ2v) is 6.97. The Morgan fingerprint density at radius 2 is 1.64 bits per heavy atom. The van der Waals surface area contributed by atoms with Crippen LogP contribution >= 0.6 is 11.6 Å². The van der Waals surface area contributed by atoms with Crippen molar-refractivity contribution in [1.82, 2.24) is 0 Å². The minimum Gasteiger partial charge on any atom is -0.111 e. The van der Waals surface area contributed by atoms with Crippen LogP contribution in [0.3, 0.4) is 0 Å². The van der Waals surface area contributed by atoms with Crippen molar-refractivity contribution in [2.45, 2.75) is 19.8 Å². The number of aryl methyl sites for hydroxylation is 3. The summed E-state index contributed by atoms with van der Waals surface area (Å²) in [4.78, 5) is 0. The van der Waals surface area contributed by atoms with Gasteiger partial charge in [0.05, 0.1) is 0 Å². The maximum Gasteiger partial charge on any atom is 0.0409 e. The van der Waals surface area contributed by atoms with Crippen LogP contribution in [0.15, 0.2) is 72.5 Å². The molecule has 122 valence electrons. The van der Waals surface area contributed by atoms with Gasteiger partial charge in [-0.3, -0.25) is 0 Å². The van der Waals surface area contributed by atoms with Gasteiger partial charge in [0.2, 0.25) is 0 Å². The first-order valence-electron chi connectivity index (χ1n) is 8.61. The van der Waals surface area contributed by atoms with E-state index in [0.29, 0.717) is 0 Å². The normalized spacial score (nSPS) is 12.6. The summed E-state index contributed by atoms with van der Waals surface area (Å²) in [6.45, 7) is 2.11. The fraction of sp³-hybridized carbons (Fsp3) is 0.125. The fourth-order valence-corrected chi connectivity index (χ4v) is 3.68. The summed E-state index contributed by atoms with van der Waals surface area (Å²) in [7, 11) is 0. The Kier molecular flexibility index (Phi) is 4.32. The molecule has 0 aliphatic heterocycles. The first kappa shape index (κ1) is 16.0. The van der Waals surface area contributed by atoms with Crippen LogP contribution in [-0.2, 0) is 12.8 Å². The Hall–Kier alpha value is -2.53. The van der Waals surface area contributed by atoms with E-state index < -0.39 is 0 Å².